The normalized spacial score (nSPS) is 11.5. The summed E-state index contributed by atoms with van der Waals surface area (Å²) in [5.74, 6) is -0.649. The van der Waals surface area contributed by atoms with Gasteiger partial charge in [0.2, 0.25) is 17.7 Å². The number of anilines is 4. The van der Waals surface area contributed by atoms with Gasteiger partial charge in [0.05, 0.1) is 27.1 Å². The van der Waals surface area contributed by atoms with E-state index < -0.39 is 0 Å². The van der Waals surface area contributed by atoms with Gasteiger partial charge in [0.25, 0.3) is 0 Å². The van der Waals surface area contributed by atoms with Crippen LogP contribution < -0.4 is 26.6 Å². The molecule has 3 rings (SSSR count). The standard InChI is InChI=1S/C23H38N2O3.C22H37N3O3.C7H6Cl2O/c1-6-10-12-17(8-3)22(27)24-19-15-21(26)20(14-16(19)5)25-23(28)18(9-4)13-11-7-2;1-4-5-6-7-8-9-10-11-12-13-14-23-22(28)25-20-16-17(2)15-19(21(20)27)24-18(3)26;1-4-2-5(8)7(10)6(9)3-4/h14-15,17-18,26H,6-13H2,1-5H3,(H,24,27)(H,25,28);15-16,27H,4-14H2,1-3H3,(H,24,26)(H2,23,25,28);2-3,10H,1H3. The Kier molecular flexibility index (Phi) is 30.3. The van der Waals surface area contributed by atoms with Crippen LogP contribution in [0.2, 0.25) is 10.0 Å². The zero-order chi connectivity index (χ0) is 49.6. The number of rotatable bonds is 25. The SMILES string of the molecule is CCCCC(CC)C(=O)Nc1cc(O)c(NC(=O)C(CC)CCCC)cc1C.CCCCCCCCCCCCNC(=O)Nc1cc(C)cc(NC(C)=O)c1O.Cc1cc(Cl)c(O)c(Cl)c1. The second kappa shape index (κ2) is 33.7. The lowest BCUT2D eigenvalue weighted by Crippen LogP contribution is -2.29. The molecule has 14 heteroatoms. The number of carbonyl (C=O) groups is 4. The molecule has 0 spiro atoms. The summed E-state index contributed by atoms with van der Waals surface area (Å²) in [4.78, 5) is 48.3. The molecule has 66 heavy (non-hydrogen) atoms. The van der Waals surface area contributed by atoms with Crippen LogP contribution in [0.15, 0.2) is 36.4 Å². The first-order valence-corrected chi connectivity index (χ1v) is 24.9. The van der Waals surface area contributed by atoms with Crippen LogP contribution >= 0.6 is 23.2 Å². The van der Waals surface area contributed by atoms with Crippen molar-refractivity contribution in [3.05, 3.63) is 63.1 Å². The van der Waals surface area contributed by atoms with E-state index in [0.29, 0.717) is 28.0 Å². The molecule has 5 amide bonds. The maximum atomic E-state index is 12.5. The first kappa shape index (κ1) is 59.3. The second-order valence-corrected chi connectivity index (χ2v) is 18.0. The van der Waals surface area contributed by atoms with Crippen LogP contribution in [0.3, 0.4) is 0 Å². The zero-order valence-corrected chi connectivity index (χ0v) is 42.8. The van der Waals surface area contributed by atoms with Gasteiger partial charge in [-0.1, -0.05) is 141 Å². The molecular formula is C52H81Cl2N5O7. The van der Waals surface area contributed by atoms with Crippen molar-refractivity contribution in [2.24, 2.45) is 11.8 Å². The van der Waals surface area contributed by atoms with Crippen LogP contribution in [-0.4, -0.2) is 45.6 Å². The fraction of sp³-hybridized carbons (Fsp3) is 0.577. The van der Waals surface area contributed by atoms with Gasteiger partial charge < -0.3 is 41.9 Å². The average Bonchev–Trinajstić information content (AvgIpc) is 3.26. The monoisotopic (exact) mass is 958 g/mol. The topological polar surface area (TPSA) is 189 Å². The Morgan fingerprint density at radius 1 is 0.515 bits per heavy atom. The Morgan fingerprint density at radius 2 is 0.955 bits per heavy atom. The molecule has 0 fully saturated rings. The maximum Gasteiger partial charge on any atom is 0.319 e. The van der Waals surface area contributed by atoms with Crippen molar-refractivity contribution in [2.75, 3.05) is 27.8 Å². The summed E-state index contributed by atoms with van der Waals surface area (Å²) in [6.45, 7) is 18.0. The number of phenols is 3. The van der Waals surface area contributed by atoms with Crippen LogP contribution in [0.5, 0.6) is 17.2 Å². The second-order valence-electron chi connectivity index (χ2n) is 17.2. The number of unbranched alkanes of at least 4 members (excludes halogenated alkanes) is 11. The highest BCUT2D eigenvalue weighted by Gasteiger charge is 2.20. The van der Waals surface area contributed by atoms with Crippen LogP contribution in [0, 0.1) is 32.6 Å². The molecule has 0 saturated carbocycles. The molecule has 370 valence electrons. The van der Waals surface area contributed by atoms with Crippen molar-refractivity contribution in [3.63, 3.8) is 0 Å². The molecule has 12 nitrogen and oxygen atoms in total. The number of amides is 5. The summed E-state index contributed by atoms with van der Waals surface area (Å²) in [6, 6.07) is 9.53. The van der Waals surface area contributed by atoms with Gasteiger partial charge in [0.1, 0.15) is 5.75 Å². The first-order valence-electron chi connectivity index (χ1n) is 24.2. The van der Waals surface area contributed by atoms with Crippen molar-refractivity contribution in [1.82, 2.24) is 5.32 Å². The molecule has 0 bridgehead atoms. The summed E-state index contributed by atoms with van der Waals surface area (Å²) in [7, 11) is 0. The highest BCUT2D eigenvalue weighted by atomic mass is 35.5. The lowest BCUT2D eigenvalue weighted by atomic mass is 9.97. The van der Waals surface area contributed by atoms with Gasteiger partial charge in [-0.25, -0.2) is 4.79 Å². The van der Waals surface area contributed by atoms with E-state index in [2.05, 4.69) is 47.4 Å². The van der Waals surface area contributed by atoms with E-state index in [4.69, 9.17) is 28.3 Å². The molecule has 3 aromatic carbocycles. The highest BCUT2D eigenvalue weighted by Crippen LogP contribution is 2.35. The Morgan fingerprint density at radius 3 is 1.42 bits per heavy atom. The minimum Gasteiger partial charge on any atom is -0.506 e. The Bertz CT molecular complexity index is 1860. The summed E-state index contributed by atoms with van der Waals surface area (Å²) in [5, 5.41) is 44.1. The summed E-state index contributed by atoms with van der Waals surface area (Å²) >= 11 is 11.2. The summed E-state index contributed by atoms with van der Waals surface area (Å²) in [6.07, 6.45) is 20.0. The van der Waals surface area contributed by atoms with E-state index in [1.54, 1.807) is 30.3 Å². The fourth-order valence-electron chi connectivity index (χ4n) is 7.18. The third kappa shape index (κ3) is 23.7. The molecular weight excluding hydrogens is 878 g/mol. The molecule has 0 aliphatic rings. The van der Waals surface area contributed by atoms with E-state index in [-0.39, 0.29) is 64.2 Å². The Labute approximate surface area is 405 Å². The van der Waals surface area contributed by atoms with Crippen LogP contribution in [0.1, 0.15) is 174 Å². The third-order valence-electron chi connectivity index (χ3n) is 11.2. The maximum absolute atomic E-state index is 12.5. The quantitative estimate of drug-likeness (QED) is 0.0306. The zero-order valence-electron chi connectivity index (χ0n) is 41.3. The number of halogens is 2. The van der Waals surface area contributed by atoms with Crippen molar-refractivity contribution < 1.29 is 34.5 Å². The van der Waals surface area contributed by atoms with Gasteiger partial charge in [0.15, 0.2) is 11.5 Å². The number of carbonyl (C=O) groups excluding carboxylic acids is 4. The largest absolute Gasteiger partial charge is 0.506 e. The molecule has 0 radical (unpaired) electrons. The minimum atomic E-state index is -0.356. The molecule has 2 atom stereocenters. The smallest absolute Gasteiger partial charge is 0.319 e. The Hall–Kier alpha value is -4.68. The van der Waals surface area contributed by atoms with Gasteiger partial charge in [-0.05, 0) is 99.9 Å². The van der Waals surface area contributed by atoms with Crippen LogP contribution in [-0.2, 0) is 14.4 Å². The molecule has 0 aliphatic carbocycles. The number of phenolic OH excluding ortho intramolecular Hbond substituents is 3. The van der Waals surface area contributed by atoms with Gasteiger partial charge >= 0.3 is 6.03 Å². The van der Waals surface area contributed by atoms with Crippen molar-refractivity contribution in [2.45, 2.75) is 178 Å². The van der Waals surface area contributed by atoms with Gasteiger partial charge in [-0.2, -0.15) is 0 Å². The third-order valence-corrected chi connectivity index (χ3v) is 11.8. The molecule has 3 aromatic rings. The fourth-order valence-corrected chi connectivity index (χ4v) is 7.77. The molecule has 0 aromatic heterocycles. The van der Waals surface area contributed by atoms with E-state index in [0.717, 1.165) is 80.9 Å². The number of aryl methyl sites for hydroxylation is 3. The molecule has 8 N–H and O–H groups in total. The van der Waals surface area contributed by atoms with Gasteiger partial charge in [-0.15, -0.1) is 0 Å². The van der Waals surface area contributed by atoms with Crippen molar-refractivity contribution in [3.8, 4) is 17.2 Å². The molecule has 0 heterocycles. The predicted octanol–water partition coefficient (Wildman–Crippen LogP) is 14.7. The number of hydrogen-bond acceptors (Lipinski definition) is 7. The molecule has 2 unspecified atom stereocenters. The average molecular weight is 959 g/mol. The van der Waals surface area contributed by atoms with E-state index >= 15 is 0 Å². The first-order chi connectivity index (χ1) is 31.4. The summed E-state index contributed by atoms with van der Waals surface area (Å²) in [5.41, 5.74) is 4.14. The van der Waals surface area contributed by atoms with E-state index in [9.17, 15) is 29.4 Å². The van der Waals surface area contributed by atoms with Crippen molar-refractivity contribution in [1.29, 1.82) is 0 Å². The minimum absolute atomic E-state index is 0.0131. The number of aromatic hydroxyl groups is 3. The van der Waals surface area contributed by atoms with Gasteiger partial charge in [-0.3, -0.25) is 14.4 Å². The lowest BCUT2D eigenvalue weighted by Gasteiger charge is -2.18. The van der Waals surface area contributed by atoms with E-state index in [1.807, 2.05) is 34.6 Å². The molecule has 0 aliphatic heterocycles. The Balaban J connectivity index is 0.000000545. The highest BCUT2D eigenvalue weighted by molar-refractivity contribution is 6.37. The van der Waals surface area contributed by atoms with Crippen LogP contribution in [0.4, 0.5) is 27.5 Å². The number of hydrogen-bond donors (Lipinski definition) is 8. The van der Waals surface area contributed by atoms with E-state index in [1.165, 1.54) is 64.4 Å². The number of benzene rings is 3. The summed E-state index contributed by atoms with van der Waals surface area (Å²) < 4.78 is 0. The number of nitrogens with one attached hydrogen (secondary N) is 5. The van der Waals surface area contributed by atoms with Crippen LogP contribution in [0.25, 0.3) is 0 Å². The molecule has 0 saturated heterocycles. The van der Waals surface area contributed by atoms with Gasteiger partial charge in [0, 0.05) is 37.1 Å². The number of urea groups is 1. The van der Waals surface area contributed by atoms with Crippen molar-refractivity contribution >= 4 is 69.7 Å². The lowest BCUT2D eigenvalue weighted by molar-refractivity contribution is -0.121. The predicted molar refractivity (Wildman–Crippen MR) is 276 cm³/mol.